The molecule has 19 heavy (non-hydrogen) atoms. The summed E-state index contributed by atoms with van der Waals surface area (Å²) in [4.78, 5) is 11.0. The highest BCUT2D eigenvalue weighted by molar-refractivity contribution is 5.38. The highest BCUT2D eigenvalue weighted by atomic mass is 16.5. The average Bonchev–Trinajstić information content (AvgIpc) is 3.10. The first-order chi connectivity index (χ1) is 9.20. The molecule has 3 rings (SSSR count). The van der Waals surface area contributed by atoms with E-state index in [1.807, 2.05) is 19.9 Å². The molecular weight excluding hydrogens is 240 g/mol. The first kappa shape index (κ1) is 12.7. The van der Waals surface area contributed by atoms with Gasteiger partial charge in [0.1, 0.15) is 12.1 Å². The molecule has 1 aromatic rings. The molecule has 1 N–H and O–H groups in total. The molecule has 1 saturated heterocycles. The summed E-state index contributed by atoms with van der Waals surface area (Å²) in [5.41, 5.74) is 0. The second kappa shape index (κ2) is 5.33. The molecular formula is C14H22N4O. The van der Waals surface area contributed by atoms with Gasteiger partial charge in [-0.05, 0) is 33.1 Å². The number of anilines is 1. The van der Waals surface area contributed by atoms with E-state index in [0.29, 0.717) is 11.9 Å². The van der Waals surface area contributed by atoms with E-state index >= 15 is 0 Å². The van der Waals surface area contributed by atoms with E-state index in [1.165, 1.54) is 25.8 Å². The van der Waals surface area contributed by atoms with Crippen molar-refractivity contribution in [2.24, 2.45) is 0 Å². The molecule has 2 aliphatic rings. The van der Waals surface area contributed by atoms with Crippen LogP contribution in [0.15, 0.2) is 12.4 Å². The minimum absolute atomic E-state index is 0.139. The quantitative estimate of drug-likeness (QED) is 0.878. The normalized spacial score (nSPS) is 23.8. The van der Waals surface area contributed by atoms with Crippen LogP contribution in [0.3, 0.4) is 0 Å². The van der Waals surface area contributed by atoms with Crippen molar-refractivity contribution < 1.29 is 4.74 Å². The van der Waals surface area contributed by atoms with Crippen LogP contribution in [-0.2, 0) is 0 Å². The molecule has 1 unspecified atom stereocenters. The zero-order chi connectivity index (χ0) is 13.2. The highest BCUT2D eigenvalue weighted by Gasteiger charge is 2.34. The Bertz CT molecular complexity index is 433. The lowest BCUT2D eigenvalue weighted by molar-refractivity contribution is 0.232. The van der Waals surface area contributed by atoms with Gasteiger partial charge in [-0.15, -0.1) is 0 Å². The Morgan fingerprint density at radius 3 is 2.89 bits per heavy atom. The molecule has 5 nitrogen and oxygen atoms in total. The number of nitrogens with zero attached hydrogens (tertiary/aromatic N) is 3. The Hall–Kier alpha value is -1.36. The van der Waals surface area contributed by atoms with Crippen molar-refractivity contribution in [2.75, 3.05) is 18.4 Å². The lowest BCUT2D eigenvalue weighted by atomic mass is 10.2. The summed E-state index contributed by atoms with van der Waals surface area (Å²) >= 11 is 0. The zero-order valence-electron chi connectivity index (χ0n) is 11.7. The summed E-state index contributed by atoms with van der Waals surface area (Å²) in [5, 5.41) is 3.49. The molecule has 0 radical (unpaired) electrons. The van der Waals surface area contributed by atoms with E-state index in [0.717, 1.165) is 18.4 Å². The molecule has 0 spiro atoms. The summed E-state index contributed by atoms with van der Waals surface area (Å²) in [7, 11) is 0. The molecule has 1 aromatic heterocycles. The van der Waals surface area contributed by atoms with Crippen LogP contribution in [0, 0.1) is 0 Å². The van der Waals surface area contributed by atoms with E-state index in [2.05, 4.69) is 20.2 Å². The first-order valence-electron chi connectivity index (χ1n) is 7.20. The molecule has 1 aliphatic heterocycles. The van der Waals surface area contributed by atoms with Crippen LogP contribution in [0.1, 0.15) is 33.1 Å². The largest absolute Gasteiger partial charge is 0.475 e. The van der Waals surface area contributed by atoms with Gasteiger partial charge in [-0.2, -0.15) is 0 Å². The van der Waals surface area contributed by atoms with Gasteiger partial charge >= 0.3 is 0 Å². The molecule has 2 fully saturated rings. The van der Waals surface area contributed by atoms with Crippen LogP contribution in [0.2, 0.25) is 0 Å². The third-order valence-corrected chi connectivity index (χ3v) is 3.63. The number of nitrogens with one attached hydrogen (secondary N) is 1. The van der Waals surface area contributed by atoms with Crippen LogP contribution in [0.5, 0.6) is 5.88 Å². The maximum Gasteiger partial charge on any atom is 0.218 e. The maximum absolute atomic E-state index is 5.59. The summed E-state index contributed by atoms with van der Waals surface area (Å²) in [5.74, 6) is 1.51. The SMILES string of the molecule is CC(C)Oc1cc(NC2CCN(C3CC3)C2)ncn1. The van der Waals surface area contributed by atoms with Crippen molar-refractivity contribution in [3.63, 3.8) is 0 Å². The van der Waals surface area contributed by atoms with Gasteiger partial charge in [-0.25, -0.2) is 9.97 Å². The van der Waals surface area contributed by atoms with Crippen molar-refractivity contribution in [2.45, 2.75) is 51.3 Å². The summed E-state index contributed by atoms with van der Waals surface area (Å²) in [6.45, 7) is 6.34. The molecule has 5 heteroatoms. The smallest absolute Gasteiger partial charge is 0.218 e. The lowest BCUT2D eigenvalue weighted by Crippen LogP contribution is -2.28. The number of ether oxygens (including phenoxy) is 1. The Morgan fingerprint density at radius 1 is 1.32 bits per heavy atom. The molecule has 2 heterocycles. The van der Waals surface area contributed by atoms with Crippen molar-refractivity contribution >= 4 is 5.82 Å². The minimum Gasteiger partial charge on any atom is -0.475 e. The molecule has 104 valence electrons. The van der Waals surface area contributed by atoms with Gasteiger partial charge in [0, 0.05) is 31.2 Å². The minimum atomic E-state index is 0.139. The lowest BCUT2D eigenvalue weighted by Gasteiger charge is -2.16. The number of hydrogen-bond acceptors (Lipinski definition) is 5. The maximum atomic E-state index is 5.59. The number of aromatic nitrogens is 2. The Kier molecular flexibility index (Phi) is 3.55. The average molecular weight is 262 g/mol. The molecule has 1 saturated carbocycles. The van der Waals surface area contributed by atoms with Gasteiger partial charge in [0.2, 0.25) is 5.88 Å². The fourth-order valence-corrected chi connectivity index (χ4v) is 2.61. The Morgan fingerprint density at radius 2 is 2.16 bits per heavy atom. The van der Waals surface area contributed by atoms with Crippen LogP contribution in [-0.4, -0.2) is 46.1 Å². The van der Waals surface area contributed by atoms with Crippen LogP contribution in [0.25, 0.3) is 0 Å². The summed E-state index contributed by atoms with van der Waals surface area (Å²) < 4.78 is 5.59. The van der Waals surface area contributed by atoms with Crippen LogP contribution >= 0.6 is 0 Å². The van der Waals surface area contributed by atoms with Crippen molar-refractivity contribution in [1.82, 2.24) is 14.9 Å². The third-order valence-electron chi connectivity index (χ3n) is 3.63. The third kappa shape index (κ3) is 3.35. The monoisotopic (exact) mass is 262 g/mol. The van der Waals surface area contributed by atoms with E-state index in [1.54, 1.807) is 6.33 Å². The molecule has 0 amide bonds. The van der Waals surface area contributed by atoms with Crippen molar-refractivity contribution in [1.29, 1.82) is 0 Å². The fourth-order valence-electron chi connectivity index (χ4n) is 2.61. The highest BCUT2D eigenvalue weighted by Crippen LogP contribution is 2.30. The number of hydrogen-bond donors (Lipinski definition) is 1. The van der Waals surface area contributed by atoms with Gasteiger partial charge in [-0.3, -0.25) is 4.90 Å². The second-order valence-corrected chi connectivity index (χ2v) is 5.76. The van der Waals surface area contributed by atoms with Gasteiger partial charge in [0.25, 0.3) is 0 Å². The number of likely N-dealkylation sites (tertiary alicyclic amines) is 1. The number of rotatable bonds is 5. The Labute approximate surface area is 114 Å². The first-order valence-corrected chi connectivity index (χ1v) is 7.20. The zero-order valence-corrected chi connectivity index (χ0v) is 11.7. The van der Waals surface area contributed by atoms with Crippen molar-refractivity contribution in [3.05, 3.63) is 12.4 Å². The van der Waals surface area contributed by atoms with Gasteiger partial charge < -0.3 is 10.1 Å². The predicted octanol–water partition coefficient (Wildman–Crippen LogP) is 1.91. The standard InChI is InChI=1S/C14H22N4O/c1-10(2)19-14-7-13(15-9-16-14)17-11-5-6-18(8-11)12-3-4-12/h7,9-12H,3-6,8H2,1-2H3,(H,15,16,17). The molecule has 1 atom stereocenters. The molecule has 0 aromatic carbocycles. The van der Waals surface area contributed by atoms with Gasteiger partial charge in [0.05, 0.1) is 6.10 Å². The van der Waals surface area contributed by atoms with E-state index in [9.17, 15) is 0 Å². The van der Waals surface area contributed by atoms with E-state index in [4.69, 9.17) is 4.74 Å². The van der Waals surface area contributed by atoms with Crippen LogP contribution in [0.4, 0.5) is 5.82 Å². The van der Waals surface area contributed by atoms with E-state index < -0.39 is 0 Å². The van der Waals surface area contributed by atoms with Gasteiger partial charge in [0.15, 0.2) is 0 Å². The van der Waals surface area contributed by atoms with Gasteiger partial charge in [-0.1, -0.05) is 0 Å². The van der Waals surface area contributed by atoms with Crippen molar-refractivity contribution in [3.8, 4) is 5.88 Å². The molecule has 1 aliphatic carbocycles. The summed E-state index contributed by atoms with van der Waals surface area (Å²) in [6, 6.07) is 3.25. The van der Waals surface area contributed by atoms with Crippen LogP contribution < -0.4 is 10.1 Å². The predicted molar refractivity (Wildman–Crippen MR) is 74.4 cm³/mol. The van der Waals surface area contributed by atoms with E-state index in [-0.39, 0.29) is 6.10 Å². The Balaban J connectivity index is 1.57. The fraction of sp³-hybridized carbons (Fsp3) is 0.714. The summed E-state index contributed by atoms with van der Waals surface area (Å²) in [6.07, 6.45) is 5.66. The topological polar surface area (TPSA) is 50.3 Å². The molecule has 0 bridgehead atoms. The second-order valence-electron chi connectivity index (χ2n) is 5.76.